The van der Waals surface area contributed by atoms with Crippen molar-refractivity contribution < 1.29 is 23.1 Å². The maximum Gasteiger partial charge on any atom is 0.374 e. The van der Waals surface area contributed by atoms with Gasteiger partial charge in [0.15, 0.2) is 0 Å². The quantitative estimate of drug-likeness (QED) is 0.292. The zero-order valence-corrected chi connectivity index (χ0v) is 17.4. The largest absolute Gasteiger partial charge is 0.497 e. The summed E-state index contributed by atoms with van der Waals surface area (Å²) in [6, 6.07) is 15.2. The molecule has 0 aliphatic heterocycles. The molecule has 30 heavy (non-hydrogen) atoms. The Morgan fingerprint density at radius 2 is 1.87 bits per heavy atom. The number of esters is 1. The van der Waals surface area contributed by atoms with Crippen molar-refractivity contribution in [2.24, 2.45) is 0 Å². The van der Waals surface area contributed by atoms with Crippen molar-refractivity contribution in [2.45, 2.75) is 24.3 Å². The Hall–Kier alpha value is -3.26. The van der Waals surface area contributed by atoms with Crippen LogP contribution in [0.25, 0.3) is 11.0 Å². The third kappa shape index (κ3) is 4.33. The molecule has 0 aliphatic carbocycles. The number of thioether (sulfide) groups is 1. The Bertz CT molecular complexity index is 1150. The van der Waals surface area contributed by atoms with Crippen molar-refractivity contribution in [1.29, 1.82) is 0 Å². The SMILES string of the molecule is CCOC(=O)c1oc2ccccc2c1CSc1nnc(Cc2ccc(OC)cc2)o1. The topological polar surface area (TPSA) is 87.6 Å². The number of carbonyl (C=O) groups is 1. The van der Waals surface area contributed by atoms with E-state index in [4.69, 9.17) is 18.3 Å². The maximum absolute atomic E-state index is 12.3. The molecule has 0 unspecified atom stereocenters. The summed E-state index contributed by atoms with van der Waals surface area (Å²) in [5.41, 5.74) is 2.44. The zero-order chi connectivity index (χ0) is 20.9. The normalized spacial score (nSPS) is 11.0. The monoisotopic (exact) mass is 424 g/mol. The van der Waals surface area contributed by atoms with E-state index in [9.17, 15) is 4.79 Å². The minimum absolute atomic E-state index is 0.212. The van der Waals surface area contributed by atoms with Crippen molar-refractivity contribution in [2.75, 3.05) is 13.7 Å². The van der Waals surface area contributed by atoms with Crippen LogP contribution < -0.4 is 4.74 Å². The second-order valence-corrected chi connectivity index (χ2v) is 7.33. The predicted molar refractivity (Wildman–Crippen MR) is 112 cm³/mol. The van der Waals surface area contributed by atoms with Crippen LogP contribution in [0.3, 0.4) is 0 Å². The van der Waals surface area contributed by atoms with Crippen LogP contribution in [-0.2, 0) is 16.9 Å². The fourth-order valence-electron chi connectivity index (χ4n) is 3.02. The number of fused-ring (bicyclic) bond motifs is 1. The number of rotatable bonds is 8. The van der Waals surface area contributed by atoms with Crippen LogP contribution in [0, 0.1) is 0 Å². The van der Waals surface area contributed by atoms with E-state index < -0.39 is 5.97 Å². The van der Waals surface area contributed by atoms with Gasteiger partial charge in [-0.3, -0.25) is 0 Å². The molecule has 0 fully saturated rings. The number of ether oxygens (including phenoxy) is 2. The molecule has 0 radical (unpaired) electrons. The summed E-state index contributed by atoms with van der Waals surface area (Å²) in [6.07, 6.45) is 0.528. The van der Waals surface area contributed by atoms with Crippen molar-refractivity contribution in [3.05, 3.63) is 71.3 Å². The Morgan fingerprint density at radius 1 is 1.07 bits per heavy atom. The molecule has 0 saturated carbocycles. The number of hydrogen-bond donors (Lipinski definition) is 0. The van der Waals surface area contributed by atoms with Crippen LogP contribution in [0.1, 0.15) is 34.5 Å². The zero-order valence-electron chi connectivity index (χ0n) is 16.6. The number of aromatic nitrogens is 2. The molecule has 4 rings (SSSR count). The smallest absolute Gasteiger partial charge is 0.374 e. The highest BCUT2D eigenvalue weighted by Gasteiger charge is 2.22. The fraction of sp³-hybridized carbons (Fsp3) is 0.227. The number of furan rings is 1. The Labute approximate surface area is 177 Å². The van der Waals surface area contributed by atoms with Crippen LogP contribution in [0.2, 0.25) is 0 Å². The number of benzene rings is 2. The van der Waals surface area contributed by atoms with Gasteiger partial charge in [-0.1, -0.05) is 42.1 Å². The van der Waals surface area contributed by atoms with Gasteiger partial charge >= 0.3 is 5.97 Å². The summed E-state index contributed by atoms with van der Waals surface area (Å²) in [7, 11) is 1.63. The first kappa shape index (κ1) is 20.0. The summed E-state index contributed by atoms with van der Waals surface area (Å²) in [4.78, 5) is 12.3. The highest BCUT2D eigenvalue weighted by molar-refractivity contribution is 7.98. The molecule has 0 bridgehead atoms. The first-order chi connectivity index (χ1) is 14.7. The molecule has 2 aromatic carbocycles. The average Bonchev–Trinajstić information content (AvgIpc) is 3.37. The highest BCUT2D eigenvalue weighted by Crippen LogP contribution is 2.32. The number of nitrogens with zero attached hydrogens (tertiary/aromatic N) is 2. The second kappa shape index (κ2) is 9.04. The van der Waals surface area contributed by atoms with E-state index in [0.29, 0.717) is 28.9 Å². The Morgan fingerprint density at radius 3 is 2.63 bits per heavy atom. The molecule has 2 aromatic heterocycles. The molecule has 7 nitrogen and oxygen atoms in total. The van der Waals surface area contributed by atoms with Crippen LogP contribution in [0.4, 0.5) is 0 Å². The summed E-state index contributed by atoms with van der Waals surface area (Å²) in [5, 5.41) is 9.53. The predicted octanol–water partition coefficient (Wildman–Crippen LogP) is 4.88. The fourth-order valence-corrected chi connectivity index (χ4v) is 3.83. The highest BCUT2D eigenvalue weighted by atomic mass is 32.2. The molecular weight excluding hydrogens is 404 g/mol. The van der Waals surface area contributed by atoms with Crippen LogP contribution in [-0.4, -0.2) is 29.9 Å². The minimum atomic E-state index is -0.477. The van der Waals surface area contributed by atoms with Crippen molar-refractivity contribution >= 4 is 28.7 Å². The van der Waals surface area contributed by atoms with E-state index in [-0.39, 0.29) is 12.4 Å². The summed E-state index contributed by atoms with van der Waals surface area (Å²) >= 11 is 1.35. The molecule has 4 aromatic rings. The lowest BCUT2D eigenvalue weighted by molar-refractivity contribution is 0.0491. The van der Waals surface area contributed by atoms with Crippen LogP contribution >= 0.6 is 11.8 Å². The van der Waals surface area contributed by atoms with E-state index in [1.807, 2.05) is 48.5 Å². The lowest BCUT2D eigenvalue weighted by Crippen LogP contribution is -2.05. The molecule has 0 amide bonds. The van der Waals surface area contributed by atoms with Crippen molar-refractivity contribution in [3.63, 3.8) is 0 Å². The van der Waals surface area contributed by atoms with Gasteiger partial charge in [0.1, 0.15) is 11.3 Å². The van der Waals surface area contributed by atoms with E-state index in [2.05, 4.69) is 10.2 Å². The van der Waals surface area contributed by atoms with E-state index in [0.717, 1.165) is 22.3 Å². The van der Waals surface area contributed by atoms with E-state index in [1.165, 1.54) is 11.8 Å². The van der Waals surface area contributed by atoms with Gasteiger partial charge in [0.05, 0.1) is 20.1 Å². The minimum Gasteiger partial charge on any atom is -0.497 e. The first-order valence-corrected chi connectivity index (χ1v) is 10.4. The third-order valence-corrected chi connectivity index (χ3v) is 5.31. The molecule has 8 heteroatoms. The number of carbonyl (C=O) groups excluding carboxylic acids is 1. The van der Waals surface area contributed by atoms with Crippen molar-refractivity contribution in [3.8, 4) is 5.75 Å². The standard InChI is InChI=1S/C22H20N2O5S/c1-3-27-21(25)20-17(16-6-4-5-7-18(16)28-20)13-30-22-24-23-19(29-22)12-14-8-10-15(26-2)11-9-14/h4-11H,3,12-13H2,1-2H3. The van der Waals surface area contributed by atoms with Gasteiger partial charge in [-0.25, -0.2) is 4.79 Å². The van der Waals surface area contributed by atoms with Gasteiger partial charge < -0.3 is 18.3 Å². The maximum atomic E-state index is 12.3. The summed E-state index contributed by atoms with van der Waals surface area (Å²) in [5.74, 6) is 1.49. The van der Waals surface area contributed by atoms with Gasteiger partial charge in [-0.2, -0.15) is 0 Å². The summed E-state index contributed by atoms with van der Waals surface area (Å²) < 4.78 is 21.8. The molecular formula is C22H20N2O5S. The van der Waals surface area contributed by atoms with Crippen LogP contribution in [0.5, 0.6) is 5.75 Å². The summed E-state index contributed by atoms with van der Waals surface area (Å²) in [6.45, 7) is 2.04. The van der Waals surface area contributed by atoms with E-state index in [1.54, 1.807) is 14.0 Å². The Kier molecular flexibility index (Phi) is 6.04. The van der Waals surface area contributed by atoms with Gasteiger partial charge in [0.2, 0.25) is 11.7 Å². The number of methoxy groups -OCH3 is 1. The third-order valence-electron chi connectivity index (χ3n) is 4.46. The second-order valence-electron chi connectivity index (χ2n) is 6.40. The molecule has 154 valence electrons. The average molecular weight is 424 g/mol. The first-order valence-electron chi connectivity index (χ1n) is 9.43. The van der Waals surface area contributed by atoms with Gasteiger partial charge in [-0.05, 0) is 30.7 Å². The number of hydrogen-bond acceptors (Lipinski definition) is 8. The van der Waals surface area contributed by atoms with Gasteiger partial charge in [0.25, 0.3) is 5.22 Å². The molecule has 2 heterocycles. The Balaban J connectivity index is 1.49. The van der Waals surface area contributed by atoms with E-state index >= 15 is 0 Å². The number of para-hydroxylation sites is 1. The molecule has 0 N–H and O–H groups in total. The van der Waals surface area contributed by atoms with Crippen molar-refractivity contribution in [1.82, 2.24) is 10.2 Å². The molecule has 0 spiro atoms. The lowest BCUT2D eigenvalue weighted by Gasteiger charge is -2.02. The molecule has 0 aliphatic rings. The van der Waals surface area contributed by atoms with Gasteiger partial charge in [0, 0.05) is 16.7 Å². The van der Waals surface area contributed by atoms with Gasteiger partial charge in [-0.15, -0.1) is 10.2 Å². The van der Waals surface area contributed by atoms with Crippen LogP contribution in [0.15, 0.2) is 62.6 Å². The molecule has 0 saturated heterocycles. The molecule has 0 atom stereocenters. The lowest BCUT2D eigenvalue weighted by atomic mass is 10.1.